The molecule has 1 heteroatoms. The largest absolute Gasteiger partial charge is 0.311 e. The molecule has 0 aliphatic heterocycles. The van der Waals surface area contributed by atoms with Gasteiger partial charge in [0.25, 0.3) is 0 Å². The van der Waals surface area contributed by atoms with Gasteiger partial charge < -0.3 is 4.90 Å². The average molecular weight is 247 g/mol. The Bertz CT molecular complexity index is 528. The van der Waals surface area contributed by atoms with E-state index in [9.17, 15) is 0 Å². The Labute approximate surface area is 114 Å². The van der Waals surface area contributed by atoms with Gasteiger partial charge in [0.1, 0.15) is 0 Å². The zero-order valence-corrected chi connectivity index (χ0v) is 10.9. The molecular weight excluding hydrogens is 230 g/mol. The maximum absolute atomic E-state index is 3.89. The van der Waals surface area contributed by atoms with E-state index in [2.05, 4.69) is 42.3 Å². The van der Waals surface area contributed by atoms with Crippen LogP contribution in [0.15, 0.2) is 97.7 Å². The summed E-state index contributed by atoms with van der Waals surface area (Å²) in [5, 5.41) is 0. The van der Waals surface area contributed by atoms with Crippen molar-refractivity contribution in [2.45, 2.75) is 0 Å². The average Bonchev–Trinajstić information content (AvgIpc) is 2.49. The highest BCUT2D eigenvalue weighted by molar-refractivity contribution is 5.70. The van der Waals surface area contributed by atoms with E-state index in [4.69, 9.17) is 0 Å². The quantitative estimate of drug-likeness (QED) is 0.666. The van der Waals surface area contributed by atoms with E-state index in [1.54, 1.807) is 6.08 Å². The van der Waals surface area contributed by atoms with Crippen LogP contribution >= 0.6 is 0 Å². The molecule has 0 heterocycles. The lowest BCUT2D eigenvalue weighted by Crippen LogP contribution is -2.14. The van der Waals surface area contributed by atoms with Crippen LogP contribution in [-0.2, 0) is 0 Å². The van der Waals surface area contributed by atoms with Crippen molar-refractivity contribution in [3.63, 3.8) is 0 Å². The Morgan fingerprint density at radius 1 is 0.789 bits per heavy atom. The second kappa shape index (κ2) is 6.41. The van der Waals surface area contributed by atoms with Crippen LogP contribution in [0.25, 0.3) is 0 Å². The van der Waals surface area contributed by atoms with Crippen molar-refractivity contribution in [1.82, 2.24) is 0 Å². The molecular formula is C18H17N. The smallest absolute Gasteiger partial charge is 0.0461 e. The standard InChI is InChI=1S/C18H17N/c1-3-11-16(4-2)19(17-12-7-5-8-13-17)18-14-9-6-10-15-18/h3-15H,1-2H2/b16-11+. The van der Waals surface area contributed by atoms with Gasteiger partial charge in [0.2, 0.25) is 0 Å². The normalized spacial score (nSPS) is 10.8. The fourth-order valence-electron chi connectivity index (χ4n) is 1.96. The predicted molar refractivity (Wildman–Crippen MR) is 83.5 cm³/mol. The molecule has 2 rings (SSSR count). The Morgan fingerprint density at radius 3 is 1.63 bits per heavy atom. The van der Waals surface area contributed by atoms with Crippen LogP contribution in [-0.4, -0.2) is 0 Å². The second-order valence-electron chi connectivity index (χ2n) is 4.04. The monoisotopic (exact) mass is 247 g/mol. The molecule has 0 N–H and O–H groups in total. The van der Waals surface area contributed by atoms with Crippen molar-refractivity contribution >= 4 is 11.4 Å². The van der Waals surface area contributed by atoms with Gasteiger partial charge in [-0.2, -0.15) is 0 Å². The summed E-state index contributed by atoms with van der Waals surface area (Å²) >= 11 is 0. The third-order valence-electron chi connectivity index (χ3n) is 2.78. The van der Waals surface area contributed by atoms with Gasteiger partial charge in [0.05, 0.1) is 0 Å². The lowest BCUT2D eigenvalue weighted by Gasteiger charge is -2.26. The van der Waals surface area contributed by atoms with Gasteiger partial charge >= 0.3 is 0 Å². The second-order valence-corrected chi connectivity index (χ2v) is 4.04. The first-order chi connectivity index (χ1) is 9.36. The molecule has 0 aliphatic rings. The van der Waals surface area contributed by atoms with E-state index in [0.717, 1.165) is 17.1 Å². The summed E-state index contributed by atoms with van der Waals surface area (Å²) in [5.41, 5.74) is 3.19. The molecule has 94 valence electrons. The Kier molecular flexibility index (Phi) is 4.35. The number of benzene rings is 2. The van der Waals surface area contributed by atoms with E-state index in [1.165, 1.54) is 0 Å². The van der Waals surface area contributed by atoms with Crippen molar-refractivity contribution in [2.24, 2.45) is 0 Å². The topological polar surface area (TPSA) is 3.24 Å². The predicted octanol–water partition coefficient (Wildman–Crippen LogP) is 5.08. The minimum absolute atomic E-state index is 0.993. The molecule has 0 atom stereocenters. The SMILES string of the molecule is C=C/C=C(\C=C)N(c1ccccc1)c1ccccc1. The van der Waals surface area contributed by atoms with Crippen LogP contribution in [0.4, 0.5) is 11.4 Å². The van der Waals surface area contributed by atoms with Gasteiger partial charge in [-0.15, -0.1) is 0 Å². The van der Waals surface area contributed by atoms with Gasteiger partial charge in [-0.1, -0.05) is 55.6 Å². The fourth-order valence-corrected chi connectivity index (χ4v) is 1.96. The fraction of sp³-hybridized carbons (Fsp3) is 0. The number of hydrogen-bond acceptors (Lipinski definition) is 1. The van der Waals surface area contributed by atoms with Crippen LogP contribution in [0, 0.1) is 0 Å². The summed E-state index contributed by atoms with van der Waals surface area (Å²) < 4.78 is 0. The zero-order valence-electron chi connectivity index (χ0n) is 10.9. The van der Waals surface area contributed by atoms with Crippen molar-refractivity contribution in [3.8, 4) is 0 Å². The van der Waals surface area contributed by atoms with Crippen LogP contribution < -0.4 is 4.90 Å². The summed E-state index contributed by atoms with van der Waals surface area (Å²) in [6.45, 7) is 7.66. The van der Waals surface area contributed by atoms with Gasteiger partial charge in [0, 0.05) is 17.1 Å². The van der Waals surface area contributed by atoms with Crippen LogP contribution in [0.3, 0.4) is 0 Å². The number of hydrogen-bond donors (Lipinski definition) is 0. The van der Waals surface area contributed by atoms with E-state index >= 15 is 0 Å². The number of nitrogens with zero attached hydrogens (tertiary/aromatic N) is 1. The van der Waals surface area contributed by atoms with Crippen LogP contribution in [0.2, 0.25) is 0 Å². The minimum Gasteiger partial charge on any atom is -0.311 e. The highest BCUT2D eigenvalue weighted by atomic mass is 15.1. The number of para-hydroxylation sites is 2. The maximum Gasteiger partial charge on any atom is 0.0461 e. The number of rotatable bonds is 5. The summed E-state index contributed by atoms with van der Waals surface area (Å²) in [7, 11) is 0. The summed E-state index contributed by atoms with van der Waals surface area (Å²) in [6.07, 6.45) is 5.56. The molecule has 0 bridgehead atoms. The first-order valence-corrected chi connectivity index (χ1v) is 6.22. The molecule has 0 saturated heterocycles. The van der Waals surface area contributed by atoms with Gasteiger partial charge in [-0.25, -0.2) is 0 Å². The molecule has 0 unspecified atom stereocenters. The van der Waals surface area contributed by atoms with E-state index in [0.29, 0.717) is 0 Å². The van der Waals surface area contributed by atoms with Crippen LogP contribution in [0.5, 0.6) is 0 Å². The third-order valence-corrected chi connectivity index (χ3v) is 2.78. The van der Waals surface area contributed by atoms with Gasteiger partial charge in [-0.05, 0) is 36.4 Å². The molecule has 0 spiro atoms. The molecule has 0 fully saturated rings. The molecule has 0 aliphatic carbocycles. The van der Waals surface area contributed by atoms with E-state index in [1.807, 2.05) is 48.6 Å². The Balaban J connectivity index is 2.54. The molecule has 0 amide bonds. The minimum atomic E-state index is 0.993. The van der Waals surface area contributed by atoms with Crippen molar-refractivity contribution in [1.29, 1.82) is 0 Å². The lowest BCUT2D eigenvalue weighted by atomic mass is 10.2. The summed E-state index contributed by atoms with van der Waals surface area (Å²) in [5.74, 6) is 0. The highest BCUT2D eigenvalue weighted by Crippen LogP contribution is 2.29. The molecule has 1 nitrogen and oxygen atoms in total. The van der Waals surface area contributed by atoms with E-state index in [-0.39, 0.29) is 0 Å². The highest BCUT2D eigenvalue weighted by Gasteiger charge is 2.10. The molecule has 2 aromatic carbocycles. The first kappa shape index (κ1) is 12.9. The molecule has 2 aromatic rings. The Morgan fingerprint density at radius 2 is 1.26 bits per heavy atom. The summed E-state index contributed by atoms with van der Waals surface area (Å²) in [6, 6.07) is 20.4. The molecule has 19 heavy (non-hydrogen) atoms. The molecule has 0 saturated carbocycles. The van der Waals surface area contributed by atoms with Crippen LogP contribution in [0.1, 0.15) is 0 Å². The van der Waals surface area contributed by atoms with E-state index < -0.39 is 0 Å². The van der Waals surface area contributed by atoms with Crippen molar-refractivity contribution in [3.05, 3.63) is 97.7 Å². The van der Waals surface area contributed by atoms with Gasteiger partial charge in [-0.3, -0.25) is 0 Å². The molecule has 0 radical (unpaired) electrons. The summed E-state index contributed by atoms with van der Waals surface area (Å²) in [4.78, 5) is 2.15. The zero-order chi connectivity index (χ0) is 13.5. The first-order valence-electron chi connectivity index (χ1n) is 6.22. The lowest BCUT2D eigenvalue weighted by molar-refractivity contribution is 1.21. The Hall–Kier alpha value is -2.54. The van der Waals surface area contributed by atoms with Crippen molar-refractivity contribution in [2.75, 3.05) is 4.90 Å². The third kappa shape index (κ3) is 3.02. The maximum atomic E-state index is 3.89. The van der Waals surface area contributed by atoms with Crippen molar-refractivity contribution < 1.29 is 0 Å². The number of allylic oxidation sites excluding steroid dienone is 3. The number of anilines is 2. The molecule has 0 aromatic heterocycles. The van der Waals surface area contributed by atoms with Gasteiger partial charge in [0.15, 0.2) is 0 Å².